The van der Waals surface area contributed by atoms with E-state index in [1.54, 1.807) is 7.05 Å². The summed E-state index contributed by atoms with van der Waals surface area (Å²) in [5.74, 6) is -0.0718. The summed E-state index contributed by atoms with van der Waals surface area (Å²) in [6.07, 6.45) is 1.37. The van der Waals surface area contributed by atoms with Crippen LogP contribution in [0.25, 0.3) is 0 Å². The van der Waals surface area contributed by atoms with Crippen LogP contribution in [0.4, 0.5) is 0 Å². The van der Waals surface area contributed by atoms with Crippen LogP contribution >= 0.6 is 12.4 Å². The van der Waals surface area contributed by atoms with Crippen molar-refractivity contribution >= 4 is 18.3 Å². The van der Waals surface area contributed by atoms with E-state index in [9.17, 15) is 4.79 Å². The predicted octanol–water partition coefficient (Wildman–Crippen LogP) is 0.672. The van der Waals surface area contributed by atoms with Crippen molar-refractivity contribution in [2.45, 2.75) is 32.2 Å². The number of carbonyl (C=O) groups excluding carboxylic acids is 1. The minimum Gasteiger partial charge on any atom is -0.358 e. The summed E-state index contributed by atoms with van der Waals surface area (Å²) >= 11 is 0. The van der Waals surface area contributed by atoms with E-state index in [-0.39, 0.29) is 18.3 Å². The molecule has 0 fully saturated rings. The molecule has 0 saturated carbocycles. The first-order chi connectivity index (χ1) is 4.60. The molecule has 0 aliphatic rings. The zero-order valence-electron chi connectivity index (χ0n) is 7.31. The SMILES string of the molecule is CCC(N)(CC)C(=O)NC.Cl. The standard InChI is InChI=1S/C7H16N2O.ClH/c1-4-7(8,5-2)6(10)9-3;/h4-5,8H2,1-3H3,(H,9,10);1H. The Bertz CT molecular complexity index is 124. The van der Waals surface area contributed by atoms with E-state index < -0.39 is 5.54 Å². The lowest BCUT2D eigenvalue weighted by atomic mass is 9.93. The Morgan fingerprint density at radius 1 is 1.45 bits per heavy atom. The van der Waals surface area contributed by atoms with Crippen molar-refractivity contribution < 1.29 is 4.79 Å². The average molecular weight is 181 g/mol. The van der Waals surface area contributed by atoms with E-state index in [1.165, 1.54) is 0 Å². The summed E-state index contributed by atoms with van der Waals surface area (Å²) in [5, 5.41) is 2.54. The molecule has 0 radical (unpaired) electrons. The first kappa shape index (κ1) is 13.3. The predicted molar refractivity (Wildman–Crippen MR) is 48.8 cm³/mol. The molecular formula is C7H17ClN2O. The molecule has 0 bridgehead atoms. The summed E-state index contributed by atoms with van der Waals surface area (Å²) in [6, 6.07) is 0. The minimum absolute atomic E-state index is 0. The normalized spacial score (nSPS) is 10.2. The molecule has 0 aromatic heterocycles. The molecule has 0 aliphatic heterocycles. The lowest BCUT2D eigenvalue weighted by Crippen LogP contribution is -2.52. The van der Waals surface area contributed by atoms with Crippen molar-refractivity contribution in [3.05, 3.63) is 0 Å². The number of nitrogens with one attached hydrogen (secondary N) is 1. The molecule has 11 heavy (non-hydrogen) atoms. The third-order valence-electron chi connectivity index (χ3n) is 1.94. The van der Waals surface area contributed by atoms with Gasteiger partial charge in [-0.05, 0) is 12.8 Å². The van der Waals surface area contributed by atoms with Gasteiger partial charge in [0.15, 0.2) is 0 Å². The second-order valence-corrected chi connectivity index (χ2v) is 2.44. The number of amides is 1. The Hall–Kier alpha value is -0.280. The molecule has 0 aromatic carbocycles. The zero-order valence-corrected chi connectivity index (χ0v) is 8.12. The molecule has 0 aromatic rings. The van der Waals surface area contributed by atoms with Gasteiger partial charge >= 0.3 is 0 Å². The van der Waals surface area contributed by atoms with E-state index in [0.717, 1.165) is 0 Å². The van der Waals surface area contributed by atoms with E-state index in [1.807, 2.05) is 13.8 Å². The highest BCUT2D eigenvalue weighted by atomic mass is 35.5. The molecule has 68 valence electrons. The zero-order chi connectivity index (χ0) is 8.20. The molecule has 3 nitrogen and oxygen atoms in total. The van der Waals surface area contributed by atoms with Crippen LogP contribution in [-0.4, -0.2) is 18.5 Å². The Kier molecular flexibility index (Phi) is 6.52. The molecule has 3 N–H and O–H groups in total. The number of likely N-dealkylation sites (N-methyl/N-ethyl adjacent to an activating group) is 1. The summed E-state index contributed by atoms with van der Waals surface area (Å²) in [5.41, 5.74) is 5.08. The number of rotatable bonds is 3. The van der Waals surface area contributed by atoms with E-state index in [2.05, 4.69) is 5.32 Å². The van der Waals surface area contributed by atoms with Crippen LogP contribution in [0.5, 0.6) is 0 Å². The number of halogens is 1. The van der Waals surface area contributed by atoms with Gasteiger partial charge in [-0.2, -0.15) is 0 Å². The van der Waals surface area contributed by atoms with Gasteiger partial charge in [-0.15, -0.1) is 12.4 Å². The minimum atomic E-state index is -0.658. The van der Waals surface area contributed by atoms with E-state index in [0.29, 0.717) is 12.8 Å². The number of carbonyl (C=O) groups is 1. The van der Waals surface area contributed by atoms with Crippen molar-refractivity contribution in [1.82, 2.24) is 5.32 Å². The lowest BCUT2D eigenvalue weighted by molar-refractivity contribution is -0.126. The molecule has 0 atom stereocenters. The fraction of sp³-hybridized carbons (Fsp3) is 0.857. The fourth-order valence-corrected chi connectivity index (χ4v) is 0.820. The van der Waals surface area contributed by atoms with Gasteiger partial charge in [0.1, 0.15) is 0 Å². The lowest BCUT2D eigenvalue weighted by Gasteiger charge is -2.23. The second-order valence-electron chi connectivity index (χ2n) is 2.44. The number of hydrogen-bond donors (Lipinski definition) is 2. The maximum Gasteiger partial charge on any atom is 0.239 e. The summed E-state index contributed by atoms with van der Waals surface area (Å²) in [6.45, 7) is 3.83. The van der Waals surface area contributed by atoms with Crippen molar-refractivity contribution in [3.63, 3.8) is 0 Å². The highest BCUT2D eigenvalue weighted by Gasteiger charge is 2.28. The molecule has 0 rings (SSSR count). The number of nitrogens with two attached hydrogens (primary N) is 1. The van der Waals surface area contributed by atoms with Gasteiger partial charge < -0.3 is 11.1 Å². The Labute approximate surface area is 74.1 Å². The topological polar surface area (TPSA) is 55.1 Å². The largest absolute Gasteiger partial charge is 0.358 e. The molecular weight excluding hydrogens is 164 g/mol. The Morgan fingerprint density at radius 3 is 1.91 bits per heavy atom. The maximum absolute atomic E-state index is 11.1. The molecule has 0 saturated heterocycles. The molecule has 0 aliphatic carbocycles. The number of hydrogen-bond acceptors (Lipinski definition) is 2. The average Bonchev–Trinajstić information content (AvgIpc) is 2.01. The summed E-state index contributed by atoms with van der Waals surface area (Å²) in [7, 11) is 1.61. The Morgan fingerprint density at radius 2 is 1.82 bits per heavy atom. The fourth-order valence-electron chi connectivity index (χ4n) is 0.820. The van der Waals surface area contributed by atoms with Gasteiger partial charge in [0.05, 0.1) is 5.54 Å². The molecule has 4 heteroatoms. The first-order valence-corrected chi connectivity index (χ1v) is 3.61. The smallest absolute Gasteiger partial charge is 0.239 e. The van der Waals surface area contributed by atoms with Crippen LogP contribution in [0.1, 0.15) is 26.7 Å². The van der Waals surface area contributed by atoms with E-state index in [4.69, 9.17) is 5.73 Å². The van der Waals surface area contributed by atoms with Crippen LogP contribution < -0.4 is 11.1 Å². The maximum atomic E-state index is 11.1. The van der Waals surface area contributed by atoms with Gasteiger partial charge in [0.2, 0.25) is 5.91 Å². The van der Waals surface area contributed by atoms with Gasteiger partial charge in [-0.3, -0.25) is 4.79 Å². The molecule has 0 spiro atoms. The van der Waals surface area contributed by atoms with E-state index >= 15 is 0 Å². The van der Waals surface area contributed by atoms with Crippen LogP contribution in [0.3, 0.4) is 0 Å². The van der Waals surface area contributed by atoms with Gasteiger partial charge in [0.25, 0.3) is 0 Å². The first-order valence-electron chi connectivity index (χ1n) is 3.61. The van der Waals surface area contributed by atoms with Crippen LogP contribution in [0, 0.1) is 0 Å². The van der Waals surface area contributed by atoms with Crippen LogP contribution in [-0.2, 0) is 4.79 Å². The monoisotopic (exact) mass is 180 g/mol. The van der Waals surface area contributed by atoms with Crippen molar-refractivity contribution in [1.29, 1.82) is 0 Å². The highest BCUT2D eigenvalue weighted by Crippen LogP contribution is 2.10. The molecule has 0 unspecified atom stereocenters. The Balaban J connectivity index is 0. The second kappa shape index (κ2) is 5.38. The summed E-state index contributed by atoms with van der Waals surface area (Å²) in [4.78, 5) is 11.1. The van der Waals surface area contributed by atoms with Crippen LogP contribution in [0.15, 0.2) is 0 Å². The highest BCUT2D eigenvalue weighted by molar-refractivity contribution is 5.85. The van der Waals surface area contributed by atoms with Crippen molar-refractivity contribution in [2.75, 3.05) is 7.05 Å². The molecule has 1 amide bonds. The summed E-state index contributed by atoms with van der Waals surface area (Å²) < 4.78 is 0. The third-order valence-corrected chi connectivity index (χ3v) is 1.94. The van der Waals surface area contributed by atoms with Gasteiger partial charge in [-0.25, -0.2) is 0 Å². The van der Waals surface area contributed by atoms with Gasteiger partial charge in [-0.1, -0.05) is 13.8 Å². The third kappa shape index (κ3) is 3.08. The van der Waals surface area contributed by atoms with Crippen LogP contribution in [0.2, 0.25) is 0 Å². The molecule has 0 heterocycles. The van der Waals surface area contributed by atoms with Crippen molar-refractivity contribution in [3.8, 4) is 0 Å². The quantitative estimate of drug-likeness (QED) is 0.671. The van der Waals surface area contributed by atoms with Crippen molar-refractivity contribution in [2.24, 2.45) is 5.73 Å². The van der Waals surface area contributed by atoms with Gasteiger partial charge in [0, 0.05) is 7.05 Å².